The molecular weight excluding hydrogens is 467 g/mol. The van der Waals surface area contributed by atoms with Crippen LogP contribution in [0.5, 0.6) is 5.75 Å². The number of alkyl halides is 3. The molecule has 5 nitrogen and oxygen atoms in total. The molecular formula is C25H20F3NO4S. The van der Waals surface area contributed by atoms with Gasteiger partial charge in [-0.05, 0) is 44.5 Å². The van der Waals surface area contributed by atoms with E-state index in [2.05, 4.69) is 0 Å². The minimum Gasteiger partial charge on any atom is -0.505 e. The van der Waals surface area contributed by atoms with E-state index in [0.29, 0.717) is 23.0 Å². The first-order valence-electron chi connectivity index (χ1n) is 10.4. The normalized spacial score (nSPS) is 12.0. The van der Waals surface area contributed by atoms with E-state index in [1.807, 2.05) is 44.2 Å². The minimum atomic E-state index is -4.57. The number of halogens is 3. The van der Waals surface area contributed by atoms with Crippen molar-refractivity contribution in [2.24, 2.45) is 0 Å². The van der Waals surface area contributed by atoms with Crippen molar-refractivity contribution in [3.05, 3.63) is 86.5 Å². The molecule has 0 radical (unpaired) electrons. The van der Waals surface area contributed by atoms with Gasteiger partial charge in [-0.15, -0.1) is 0 Å². The molecule has 34 heavy (non-hydrogen) atoms. The van der Waals surface area contributed by atoms with Crippen LogP contribution in [0.1, 0.15) is 31.0 Å². The van der Waals surface area contributed by atoms with Gasteiger partial charge in [0.05, 0.1) is 11.3 Å². The molecule has 176 valence electrons. The van der Waals surface area contributed by atoms with Gasteiger partial charge in [-0.1, -0.05) is 48.2 Å². The highest BCUT2D eigenvalue weighted by molar-refractivity contribution is 7.99. The summed E-state index contributed by atoms with van der Waals surface area (Å²) in [5.74, 6) is -0.615. The summed E-state index contributed by atoms with van der Waals surface area (Å²) in [5, 5.41) is 10.8. The highest BCUT2D eigenvalue weighted by Gasteiger charge is 2.31. The molecule has 0 spiro atoms. The van der Waals surface area contributed by atoms with Crippen molar-refractivity contribution < 1.29 is 22.7 Å². The van der Waals surface area contributed by atoms with E-state index in [4.69, 9.17) is 4.42 Å². The van der Waals surface area contributed by atoms with Gasteiger partial charge < -0.3 is 14.1 Å². The number of benzene rings is 2. The van der Waals surface area contributed by atoms with E-state index in [0.717, 1.165) is 17.7 Å². The maximum Gasteiger partial charge on any atom is 0.416 e. The summed E-state index contributed by atoms with van der Waals surface area (Å²) in [6, 6.07) is 13.2. The number of aromatic hydroxyl groups is 1. The Balaban J connectivity index is 1.98. The largest absolute Gasteiger partial charge is 0.505 e. The van der Waals surface area contributed by atoms with E-state index in [1.165, 1.54) is 16.7 Å². The molecule has 0 aliphatic heterocycles. The molecule has 2 heterocycles. The van der Waals surface area contributed by atoms with Crippen LogP contribution in [-0.2, 0) is 6.18 Å². The van der Waals surface area contributed by atoms with E-state index >= 15 is 0 Å². The average molecular weight is 487 g/mol. The Labute approximate surface area is 196 Å². The lowest BCUT2D eigenvalue weighted by Gasteiger charge is -2.21. The van der Waals surface area contributed by atoms with Gasteiger partial charge in [-0.25, -0.2) is 4.79 Å². The van der Waals surface area contributed by atoms with Crippen molar-refractivity contribution in [3.63, 3.8) is 0 Å². The van der Waals surface area contributed by atoms with Crippen molar-refractivity contribution in [2.45, 2.75) is 42.8 Å². The van der Waals surface area contributed by atoms with Gasteiger partial charge in [0.1, 0.15) is 10.3 Å². The maximum atomic E-state index is 13.5. The number of aromatic nitrogens is 1. The van der Waals surface area contributed by atoms with E-state index in [9.17, 15) is 27.9 Å². The van der Waals surface area contributed by atoms with E-state index in [1.54, 1.807) is 6.92 Å². The Kier molecular flexibility index (Phi) is 6.07. The molecule has 0 unspecified atom stereocenters. The van der Waals surface area contributed by atoms with Crippen molar-refractivity contribution in [3.8, 4) is 17.0 Å². The molecule has 9 heteroatoms. The fraction of sp³-hybridized carbons (Fsp3) is 0.200. The van der Waals surface area contributed by atoms with Crippen molar-refractivity contribution >= 4 is 22.7 Å². The third kappa shape index (κ3) is 4.11. The Morgan fingerprint density at radius 2 is 1.71 bits per heavy atom. The second-order valence-corrected chi connectivity index (χ2v) is 9.09. The van der Waals surface area contributed by atoms with Gasteiger partial charge in [0, 0.05) is 16.5 Å². The molecule has 1 N–H and O–H groups in total. The number of hydrogen-bond acceptors (Lipinski definition) is 5. The van der Waals surface area contributed by atoms with E-state index in [-0.39, 0.29) is 26.8 Å². The first kappa shape index (κ1) is 23.7. The maximum absolute atomic E-state index is 13.5. The zero-order chi connectivity index (χ0) is 24.8. The Morgan fingerprint density at radius 3 is 2.32 bits per heavy atom. The Hall–Kier alpha value is -3.46. The molecule has 0 amide bonds. The zero-order valence-corrected chi connectivity index (χ0v) is 19.3. The van der Waals surface area contributed by atoms with Crippen molar-refractivity contribution in [2.75, 3.05) is 0 Å². The molecule has 0 aliphatic rings. The summed E-state index contributed by atoms with van der Waals surface area (Å²) < 4.78 is 46.2. The minimum absolute atomic E-state index is 0.0587. The summed E-state index contributed by atoms with van der Waals surface area (Å²) in [6.45, 7) is 5.31. The van der Waals surface area contributed by atoms with Crippen molar-refractivity contribution in [1.29, 1.82) is 0 Å². The standard InChI is InChI=1S/C25H20F3NO4S/c1-13(2)29-19(15-8-5-4-6-9-15)14(3)21-18(23(29)31)20(30)22(24(32)33-21)34-17-11-7-10-16(12-17)25(26,27)28/h4-13,30H,1-3H3. The monoisotopic (exact) mass is 487 g/mol. The lowest BCUT2D eigenvalue weighted by molar-refractivity contribution is -0.137. The number of pyridine rings is 1. The number of fused-ring (bicyclic) bond motifs is 1. The summed E-state index contributed by atoms with van der Waals surface area (Å²) >= 11 is 0.611. The molecule has 0 fully saturated rings. The Bertz CT molecular complexity index is 1510. The molecule has 2 aromatic heterocycles. The smallest absolute Gasteiger partial charge is 0.416 e. The summed E-state index contributed by atoms with van der Waals surface area (Å²) in [5.41, 5.74) is -0.703. The highest BCUT2D eigenvalue weighted by atomic mass is 32.2. The van der Waals surface area contributed by atoms with Crippen LogP contribution in [0.2, 0.25) is 0 Å². The van der Waals surface area contributed by atoms with Crippen LogP contribution in [-0.4, -0.2) is 9.67 Å². The van der Waals surface area contributed by atoms with Crippen LogP contribution in [0.3, 0.4) is 0 Å². The quantitative estimate of drug-likeness (QED) is 0.361. The van der Waals surface area contributed by atoms with Gasteiger partial charge >= 0.3 is 11.8 Å². The zero-order valence-electron chi connectivity index (χ0n) is 18.4. The second kappa shape index (κ2) is 8.72. The third-order valence-corrected chi connectivity index (χ3v) is 6.43. The van der Waals surface area contributed by atoms with Gasteiger partial charge in [-0.2, -0.15) is 13.2 Å². The fourth-order valence-corrected chi connectivity index (χ4v) is 4.76. The highest BCUT2D eigenvalue weighted by Crippen LogP contribution is 2.40. The van der Waals surface area contributed by atoms with Crippen LogP contribution in [0.4, 0.5) is 13.2 Å². The van der Waals surface area contributed by atoms with Crippen LogP contribution in [0, 0.1) is 6.92 Å². The molecule has 0 saturated heterocycles. The van der Waals surface area contributed by atoms with Gasteiger partial charge in [0.2, 0.25) is 0 Å². The second-order valence-electron chi connectivity index (χ2n) is 8.01. The SMILES string of the molecule is Cc1c(-c2ccccc2)n(C(C)C)c(=O)c2c(O)c(Sc3cccc(C(F)(F)F)c3)c(=O)oc12. The first-order chi connectivity index (χ1) is 16.0. The molecule has 0 saturated carbocycles. The summed E-state index contributed by atoms with van der Waals surface area (Å²) in [6.07, 6.45) is -4.57. The topological polar surface area (TPSA) is 72.4 Å². The van der Waals surface area contributed by atoms with Crippen molar-refractivity contribution in [1.82, 2.24) is 4.57 Å². The molecule has 4 rings (SSSR count). The van der Waals surface area contributed by atoms with Crippen LogP contribution >= 0.6 is 11.8 Å². The lowest BCUT2D eigenvalue weighted by Crippen LogP contribution is -2.26. The molecule has 0 bridgehead atoms. The van der Waals surface area contributed by atoms with Crippen LogP contribution < -0.4 is 11.2 Å². The predicted octanol–water partition coefficient (Wildman–Crippen LogP) is 6.39. The first-order valence-corrected chi connectivity index (χ1v) is 11.2. The summed E-state index contributed by atoms with van der Waals surface area (Å²) in [4.78, 5) is 26.0. The van der Waals surface area contributed by atoms with Crippen LogP contribution in [0.25, 0.3) is 22.2 Å². The van der Waals surface area contributed by atoms with Gasteiger partial charge in [0.25, 0.3) is 5.56 Å². The predicted molar refractivity (Wildman–Crippen MR) is 125 cm³/mol. The Morgan fingerprint density at radius 1 is 1.03 bits per heavy atom. The van der Waals surface area contributed by atoms with Gasteiger partial charge in [-0.3, -0.25) is 4.79 Å². The molecule has 0 atom stereocenters. The fourth-order valence-electron chi connectivity index (χ4n) is 3.87. The van der Waals surface area contributed by atoms with Gasteiger partial charge in [0.15, 0.2) is 11.3 Å². The summed E-state index contributed by atoms with van der Waals surface area (Å²) in [7, 11) is 0. The number of rotatable bonds is 4. The third-order valence-electron chi connectivity index (χ3n) is 5.37. The molecule has 4 aromatic rings. The number of nitrogens with zero attached hydrogens (tertiary/aromatic N) is 1. The lowest BCUT2D eigenvalue weighted by atomic mass is 10.0. The number of aryl methyl sites for hydroxylation is 1. The van der Waals surface area contributed by atoms with E-state index < -0.39 is 28.7 Å². The van der Waals surface area contributed by atoms with Crippen LogP contribution in [0.15, 0.2) is 78.4 Å². The average Bonchev–Trinajstić information content (AvgIpc) is 2.78. The molecule has 0 aliphatic carbocycles. The molecule has 2 aromatic carbocycles. The number of hydrogen-bond donors (Lipinski definition) is 1.